The van der Waals surface area contributed by atoms with Crippen LogP contribution in [0, 0.1) is 0 Å². The van der Waals surface area contributed by atoms with Gasteiger partial charge in [0.25, 0.3) is 0 Å². The average molecular weight is 834 g/mol. The first-order valence-corrected chi connectivity index (χ1v) is 23.0. The molecular formula is C62H47N3. The van der Waals surface area contributed by atoms with E-state index < -0.39 is 0 Å². The number of hydrogen-bond donors (Lipinski definition) is 0. The average Bonchev–Trinajstić information content (AvgIpc) is 3.93. The summed E-state index contributed by atoms with van der Waals surface area (Å²) in [7, 11) is 0. The normalized spacial score (nSPS) is 15.4. The fourth-order valence-electron chi connectivity index (χ4n) is 11.6. The van der Waals surface area contributed by atoms with Crippen LogP contribution in [0.15, 0.2) is 194 Å². The van der Waals surface area contributed by atoms with E-state index in [1.165, 1.54) is 72.2 Å². The van der Waals surface area contributed by atoms with Crippen molar-refractivity contribution in [3.63, 3.8) is 0 Å². The van der Waals surface area contributed by atoms with Crippen LogP contribution in [0.5, 0.6) is 0 Å². The molecule has 0 amide bonds. The van der Waals surface area contributed by atoms with Crippen molar-refractivity contribution in [1.82, 2.24) is 14.5 Å². The summed E-state index contributed by atoms with van der Waals surface area (Å²) in [4.78, 5) is 11.0. The molecule has 310 valence electrons. The second-order valence-corrected chi connectivity index (χ2v) is 19.2. The molecule has 0 atom stereocenters. The highest BCUT2D eigenvalue weighted by atomic mass is 15.1. The maximum atomic E-state index is 5.66. The third-order valence-corrected chi connectivity index (χ3v) is 14.9. The van der Waals surface area contributed by atoms with E-state index in [2.05, 4.69) is 220 Å². The molecule has 10 aromatic rings. The number of hydrogen-bond acceptors (Lipinski definition) is 2. The van der Waals surface area contributed by atoms with E-state index in [0.717, 1.165) is 68.5 Å². The quantitative estimate of drug-likeness (QED) is 0.162. The molecular weight excluding hydrogens is 787 g/mol. The van der Waals surface area contributed by atoms with E-state index in [-0.39, 0.29) is 10.8 Å². The molecule has 65 heavy (non-hydrogen) atoms. The number of fused-ring (bicyclic) bond motifs is 9. The van der Waals surface area contributed by atoms with Gasteiger partial charge in [0, 0.05) is 38.4 Å². The van der Waals surface area contributed by atoms with Gasteiger partial charge in [-0.05, 0) is 134 Å². The first-order chi connectivity index (χ1) is 31.7. The predicted molar refractivity (Wildman–Crippen MR) is 272 cm³/mol. The highest BCUT2D eigenvalue weighted by Gasteiger charge is 2.38. The van der Waals surface area contributed by atoms with E-state index in [9.17, 15) is 0 Å². The van der Waals surface area contributed by atoms with Gasteiger partial charge in [0.2, 0.25) is 0 Å². The standard InChI is InChI=1S/C62H47N3/c1-61(2)52-25-15-13-22-44(52)46-30-27-39(33-54(46)61)49-36-51-50(40-28-31-47-45-23-14-16-26-53(45)62(3,4)55(47)34-40)37-56(63-59(51)48-24-12-11-21-43(48)49)41-29-32-58-57(35-41)64-60(38-17-7-5-8-18-38)65(58)42-19-9-6-10-20-42/h5-13,15-22,24-37H,14,23H2,1-4H3. The van der Waals surface area contributed by atoms with Crippen molar-refractivity contribution < 1.29 is 0 Å². The maximum absolute atomic E-state index is 5.66. The summed E-state index contributed by atoms with van der Waals surface area (Å²) in [6.45, 7) is 9.54. The summed E-state index contributed by atoms with van der Waals surface area (Å²) >= 11 is 0. The number of aromatic nitrogens is 3. The molecule has 0 aliphatic heterocycles. The van der Waals surface area contributed by atoms with Crippen molar-refractivity contribution in [1.29, 1.82) is 0 Å². The van der Waals surface area contributed by atoms with Crippen LogP contribution in [0.1, 0.15) is 62.8 Å². The highest BCUT2D eigenvalue weighted by molar-refractivity contribution is 6.16. The number of pyridine rings is 1. The monoisotopic (exact) mass is 833 g/mol. The SMILES string of the molecule is CC1(C)C2=C(CCC=C2)c2ccc(-c3cc(-c4ccc5c(c4)nc(-c4ccccc4)n5-c4ccccc4)nc4c3cc(-c3ccc5c(c3)C(C)(C)c3ccccc3-5)c3ccccc34)cc21. The first kappa shape index (κ1) is 37.9. The fraction of sp³-hybridized carbons (Fsp3) is 0.129. The van der Waals surface area contributed by atoms with Gasteiger partial charge in [0.05, 0.1) is 22.2 Å². The molecule has 0 saturated carbocycles. The summed E-state index contributed by atoms with van der Waals surface area (Å²) in [5.74, 6) is 0.917. The number of nitrogens with zero attached hydrogens (tertiary/aromatic N) is 3. The number of allylic oxidation sites excluding steroid dienone is 4. The Morgan fingerprint density at radius 2 is 1.11 bits per heavy atom. The topological polar surface area (TPSA) is 30.7 Å². The van der Waals surface area contributed by atoms with Crippen LogP contribution in [0.4, 0.5) is 0 Å². The van der Waals surface area contributed by atoms with Crippen LogP contribution in [0.2, 0.25) is 0 Å². The van der Waals surface area contributed by atoms with E-state index in [1.54, 1.807) is 0 Å². The Morgan fingerprint density at radius 1 is 0.462 bits per heavy atom. The van der Waals surface area contributed by atoms with Gasteiger partial charge in [0.1, 0.15) is 5.82 Å². The smallest absolute Gasteiger partial charge is 0.145 e. The molecule has 0 fully saturated rings. The minimum Gasteiger partial charge on any atom is -0.292 e. The largest absolute Gasteiger partial charge is 0.292 e. The lowest BCUT2D eigenvalue weighted by Gasteiger charge is -2.24. The molecule has 0 unspecified atom stereocenters. The Kier molecular flexibility index (Phi) is 8.13. The minimum atomic E-state index is -0.101. The van der Waals surface area contributed by atoms with Gasteiger partial charge >= 0.3 is 0 Å². The Balaban J connectivity index is 1.05. The number of imidazole rings is 1. The fourth-order valence-corrected chi connectivity index (χ4v) is 11.6. The highest BCUT2D eigenvalue weighted by Crippen LogP contribution is 2.53. The Labute approximate surface area is 380 Å². The molecule has 0 bridgehead atoms. The molecule has 0 spiro atoms. The number of para-hydroxylation sites is 1. The van der Waals surface area contributed by atoms with Crippen LogP contribution in [0.3, 0.4) is 0 Å². The molecule has 2 heterocycles. The van der Waals surface area contributed by atoms with Crippen LogP contribution in [-0.2, 0) is 10.8 Å². The molecule has 3 aliphatic carbocycles. The van der Waals surface area contributed by atoms with Gasteiger partial charge in [-0.2, -0.15) is 0 Å². The zero-order valence-corrected chi connectivity index (χ0v) is 37.2. The number of rotatable bonds is 5. The summed E-state index contributed by atoms with van der Waals surface area (Å²) in [6.07, 6.45) is 6.92. The molecule has 2 aromatic heterocycles. The van der Waals surface area contributed by atoms with Crippen molar-refractivity contribution in [2.75, 3.05) is 0 Å². The lowest BCUT2D eigenvalue weighted by atomic mass is 9.79. The molecule has 3 nitrogen and oxygen atoms in total. The zero-order chi connectivity index (χ0) is 43.6. The van der Waals surface area contributed by atoms with Crippen molar-refractivity contribution in [2.45, 2.75) is 51.4 Å². The van der Waals surface area contributed by atoms with Crippen LogP contribution < -0.4 is 0 Å². The van der Waals surface area contributed by atoms with Crippen LogP contribution in [0.25, 0.3) is 100.0 Å². The van der Waals surface area contributed by atoms with E-state index >= 15 is 0 Å². The number of benzene rings is 8. The third kappa shape index (κ3) is 5.61. The van der Waals surface area contributed by atoms with Crippen molar-refractivity contribution in [2.24, 2.45) is 0 Å². The Hall–Kier alpha value is -7.62. The second kappa shape index (κ2) is 13.9. The second-order valence-electron chi connectivity index (χ2n) is 19.2. The van der Waals surface area contributed by atoms with Crippen LogP contribution in [-0.4, -0.2) is 14.5 Å². The minimum absolute atomic E-state index is 0.0883. The summed E-state index contributed by atoms with van der Waals surface area (Å²) in [5.41, 5.74) is 23.0. The van der Waals surface area contributed by atoms with Crippen molar-refractivity contribution in [3.8, 4) is 61.7 Å². The molecule has 3 heteroatoms. The van der Waals surface area contributed by atoms with Gasteiger partial charge < -0.3 is 0 Å². The van der Waals surface area contributed by atoms with E-state index in [1.807, 2.05) is 0 Å². The van der Waals surface area contributed by atoms with Crippen molar-refractivity contribution >= 4 is 38.3 Å². The molecule has 13 rings (SSSR count). The van der Waals surface area contributed by atoms with Gasteiger partial charge in [-0.1, -0.05) is 167 Å². The predicted octanol–water partition coefficient (Wildman–Crippen LogP) is 16.1. The Morgan fingerprint density at radius 3 is 1.91 bits per heavy atom. The lowest BCUT2D eigenvalue weighted by molar-refractivity contribution is 0.651. The molecule has 0 radical (unpaired) electrons. The lowest BCUT2D eigenvalue weighted by Crippen LogP contribution is -2.16. The molecule has 0 N–H and O–H groups in total. The Bertz CT molecular complexity index is 3690. The first-order valence-electron chi connectivity index (χ1n) is 23.0. The van der Waals surface area contributed by atoms with E-state index in [4.69, 9.17) is 9.97 Å². The van der Waals surface area contributed by atoms with Gasteiger partial charge in [-0.25, -0.2) is 9.97 Å². The third-order valence-electron chi connectivity index (χ3n) is 14.9. The van der Waals surface area contributed by atoms with Gasteiger partial charge in [0.15, 0.2) is 0 Å². The van der Waals surface area contributed by atoms with Crippen molar-refractivity contribution in [3.05, 3.63) is 216 Å². The van der Waals surface area contributed by atoms with Gasteiger partial charge in [-0.15, -0.1) is 0 Å². The molecule has 8 aromatic carbocycles. The molecule has 0 saturated heterocycles. The van der Waals surface area contributed by atoms with E-state index in [0.29, 0.717) is 0 Å². The maximum Gasteiger partial charge on any atom is 0.145 e. The summed E-state index contributed by atoms with van der Waals surface area (Å²) in [5, 5.41) is 3.50. The molecule has 3 aliphatic rings. The zero-order valence-electron chi connectivity index (χ0n) is 37.2. The summed E-state index contributed by atoms with van der Waals surface area (Å²) < 4.78 is 2.27. The van der Waals surface area contributed by atoms with Crippen LogP contribution >= 0.6 is 0 Å². The van der Waals surface area contributed by atoms with Gasteiger partial charge in [-0.3, -0.25) is 4.57 Å². The summed E-state index contributed by atoms with van der Waals surface area (Å²) in [6, 6.07) is 64.7.